The summed E-state index contributed by atoms with van der Waals surface area (Å²) in [6.45, 7) is 14.4. The van der Waals surface area contributed by atoms with E-state index in [2.05, 4.69) is 27.4 Å². The summed E-state index contributed by atoms with van der Waals surface area (Å²) in [6.07, 6.45) is 3.14. The van der Waals surface area contributed by atoms with Gasteiger partial charge in [-0.2, -0.15) is 0 Å². The second kappa shape index (κ2) is 8.74. The topological polar surface area (TPSA) is 0 Å². The molecule has 0 saturated carbocycles. The van der Waals surface area contributed by atoms with Crippen molar-refractivity contribution in [1.82, 2.24) is 0 Å². The predicted octanol–water partition coefficient (Wildman–Crippen LogP) is 3.88. The quantitative estimate of drug-likeness (QED) is 0.524. The summed E-state index contributed by atoms with van der Waals surface area (Å²) in [7, 11) is 0. The standard InChI is InChI=1S/C8H16.C2H6/c1-5-6-8(4)7(2)3;1-2/h5,7-8H,1,6H2,2-4H3;1-2H3. The van der Waals surface area contributed by atoms with Crippen LogP contribution in [0.3, 0.4) is 0 Å². The summed E-state index contributed by atoms with van der Waals surface area (Å²) < 4.78 is 0. The van der Waals surface area contributed by atoms with Crippen LogP contribution in [0.4, 0.5) is 0 Å². The minimum absolute atomic E-state index is 0.799. The summed E-state index contributed by atoms with van der Waals surface area (Å²) >= 11 is 0. The van der Waals surface area contributed by atoms with Crippen LogP contribution in [0, 0.1) is 11.8 Å². The molecule has 10 heavy (non-hydrogen) atoms. The van der Waals surface area contributed by atoms with Gasteiger partial charge in [0.25, 0.3) is 0 Å². The zero-order valence-electron chi connectivity index (χ0n) is 8.15. The van der Waals surface area contributed by atoms with E-state index in [4.69, 9.17) is 0 Å². The highest BCUT2D eigenvalue weighted by atomic mass is 14.1. The number of allylic oxidation sites excluding steroid dienone is 1. The number of rotatable bonds is 3. The summed E-state index contributed by atoms with van der Waals surface area (Å²) in [5.74, 6) is 1.60. The molecule has 0 aromatic rings. The van der Waals surface area contributed by atoms with Gasteiger partial charge in [-0.15, -0.1) is 6.58 Å². The Morgan fingerprint density at radius 1 is 1.20 bits per heavy atom. The molecule has 0 fully saturated rings. The molecular weight excluding hydrogens is 120 g/mol. The summed E-state index contributed by atoms with van der Waals surface area (Å²) in [6, 6.07) is 0. The van der Waals surface area contributed by atoms with Gasteiger partial charge in [-0.1, -0.05) is 40.7 Å². The number of hydrogen-bond donors (Lipinski definition) is 0. The molecule has 0 saturated heterocycles. The Morgan fingerprint density at radius 2 is 1.60 bits per heavy atom. The maximum absolute atomic E-state index is 3.68. The van der Waals surface area contributed by atoms with E-state index in [-0.39, 0.29) is 0 Å². The molecule has 0 aromatic carbocycles. The van der Waals surface area contributed by atoms with Crippen LogP contribution >= 0.6 is 0 Å². The average Bonchev–Trinajstić information content (AvgIpc) is 1.93. The van der Waals surface area contributed by atoms with Crippen molar-refractivity contribution in [3.8, 4) is 0 Å². The van der Waals surface area contributed by atoms with Crippen molar-refractivity contribution in [3.63, 3.8) is 0 Å². The third-order valence-corrected chi connectivity index (χ3v) is 1.68. The Bertz CT molecular complexity index is 62.4. The molecule has 0 radical (unpaired) electrons. The van der Waals surface area contributed by atoms with Crippen LogP contribution in [0.1, 0.15) is 41.0 Å². The van der Waals surface area contributed by atoms with Gasteiger partial charge in [-0.25, -0.2) is 0 Å². The average molecular weight is 142 g/mol. The minimum Gasteiger partial charge on any atom is -0.103 e. The van der Waals surface area contributed by atoms with Crippen LogP contribution in [0.5, 0.6) is 0 Å². The molecule has 0 nitrogen and oxygen atoms in total. The lowest BCUT2D eigenvalue weighted by Crippen LogP contribution is -2.01. The van der Waals surface area contributed by atoms with Gasteiger partial charge in [0.1, 0.15) is 0 Å². The van der Waals surface area contributed by atoms with E-state index >= 15 is 0 Å². The lowest BCUT2D eigenvalue weighted by Gasteiger charge is -2.11. The van der Waals surface area contributed by atoms with E-state index in [1.165, 1.54) is 0 Å². The smallest absolute Gasteiger partial charge is 0.0325 e. The van der Waals surface area contributed by atoms with Crippen molar-refractivity contribution in [2.24, 2.45) is 11.8 Å². The van der Waals surface area contributed by atoms with Crippen LogP contribution < -0.4 is 0 Å². The van der Waals surface area contributed by atoms with E-state index in [1.54, 1.807) is 0 Å². The van der Waals surface area contributed by atoms with Crippen molar-refractivity contribution in [3.05, 3.63) is 12.7 Å². The number of hydrogen-bond acceptors (Lipinski definition) is 0. The lowest BCUT2D eigenvalue weighted by atomic mass is 9.95. The van der Waals surface area contributed by atoms with Crippen molar-refractivity contribution < 1.29 is 0 Å². The monoisotopic (exact) mass is 142 g/mol. The first-order valence-corrected chi connectivity index (χ1v) is 4.29. The van der Waals surface area contributed by atoms with E-state index in [0.29, 0.717) is 0 Å². The highest BCUT2D eigenvalue weighted by Gasteiger charge is 2.02. The van der Waals surface area contributed by atoms with Gasteiger partial charge in [0.15, 0.2) is 0 Å². The van der Waals surface area contributed by atoms with Gasteiger partial charge in [0.2, 0.25) is 0 Å². The first-order valence-electron chi connectivity index (χ1n) is 4.29. The normalized spacial score (nSPS) is 11.8. The summed E-state index contributed by atoms with van der Waals surface area (Å²) in [4.78, 5) is 0. The van der Waals surface area contributed by atoms with Gasteiger partial charge in [-0.05, 0) is 18.3 Å². The van der Waals surface area contributed by atoms with E-state index in [9.17, 15) is 0 Å². The molecule has 0 heteroatoms. The molecule has 0 spiro atoms. The molecular formula is C10H22. The maximum atomic E-state index is 3.68. The van der Waals surface area contributed by atoms with Crippen molar-refractivity contribution in [2.75, 3.05) is 0 Å². The maximum Gasteiger partial charge on any atom is -0.0325 e. The first kappa shape index (κ1) is 12.4. The van der Waals surface area contributed by atoms with Gasteiger partial charge in [0.05, 0.1) is 0 Å². The fourth-order valence-electron chi connectivity index (χ4n) is 0.535. The molecule has 0 N–H and O–H groups in total. The fraction of sp³-hybridized carbons (Fsp3) is 0.800. The molecule has 0 rings (SSSR count). The SMILES string of the molecule is C=CCC(C)C(C)C.CC. The van der Waals surface area contributed by atoms with Crippen molar-refractivity contribution in [2.45, 2.75) is 41.0 Å². The van der Waals surface area contributed by atoms with Gasteiger partial charge in [-0.3, -0.25) is 0 Å². The molecule has 0 aliphatic rings. The Hall–Kier alpha value is -0.260. The van der Waals surface area contributed by atoms with Gasteiger partial charge in [0, 0.05) is 0 Å². The van der Waals surface area contributed by atoms with Crippen LogP contribution in [0.25, 0.3) is 0 Å². The lowest BCUT2D eigenvalue weighted by molar-refractivity contribution is 0.424. The molecule has 0 aromatic heterocycles. The van der Waals surface area contributed by atoms with Crippen molar-refractivity contribution >= 4 is 0 Å². The third kappa shape index (κ3) is 7.74. The minimum atomic E-state index is 0.799. The molecule has 1 unspecified atom stereocenters. The summed E-state index contributed by atoms with van der Waals surface area (Å²) in [5, 5.41) is 0. The fourth-order valence-corrected chi connectivity index (χ4v) is 0.535. The van der Waals surface area contributed by atoms with Crippen LogP contribution in [0.15, 0.2) is 12.7 Å². The molecule has 0 amide bonds. The molecule has 0 heterocycles. The Kier molecular flexibility index (Phi) is 10.9. The van der Waals surface area contributed by atoms with Gasteiger partial charge < -0.3 is 0 Å². The third-order valence-electron chi connectivity index (χ3n) is 1.68. The molecule has 1 atom stereocenters. The van der Waals surface area contributed by atoms with E-state index < -0.39 is 0 Å². The van der Waals surface area contributed by atoms with E-state index in [0.717, 1.165) is 18.3 Å². The molecule has 0 bridgehead atoms. The highest BCUT2D eigenvalue weighted by Crippen LogP contribution is 2.13. The Labute approximate surface area is 66.3 Å². The molecule has 0 aliphatic heterocycles. The second-order valence-electron chi connectivity index (χ2n) is 2.75. The zero-order valence-corrected chi connectivity index (χ0v) is 8.15. The summed E-state index contributed by atoms with van der Waals surface area (Å²) in [5.41, 5.74) is 0. The van der Waals surface area contributed by atoms with Gasteiger partial charge >= 0.3 is 0 Å². The first-order chi connectivity index (χ1) is 4.68. The molecule has 62 valence electrons. The molecule has 0 aliphatic carbocycles. The van der Waals surface area contributed by atoms with Crippen LogP contribution in [-0.4, -0.2) is 0 Å². The van der Waals surface area contributed by atoms with E-state index in [1.807, 2.05) is 19.9 Å². The largest absolute Gasteiger partial charge is 0.103 e. The Balaban J connectivity index is 0. The van der Waals surface area contributed by atoms with Crippen LogP contribution in [0.2, 0.25) is 0 Å². The zero-order chi connectivity index (χ0) is 8.57. The predicted molar refractivity (Wildman–Crippen MR) is 50.2 cm³/mol. The highest BCUT2D eigenvalue weighted by molar-refractivity contribution is 4.71. The Morgan fingerprint density at radius 3 is 1.70 bits per heavy atom. The van der Waals surface area contributed by atoms with Crippen molar-refractivity contribution in [1.29, 1.82) is 0 Å². The van der Waals surface area contributed by atoms with Crippen LogP contribution in [-0.2, 0) is 0 Å². The second-order valence-corrected chi connectivity index (χ2v) is 2.75.